The fourth-order valence-electron chi connectivity index (χ4n) is 1.40. The van der Waals surface area contributed by atoms with Gasteiger partial charge in [-0.1, -0.05) is 55.2 Å². The molecule has 0 saturated heterocycles. The standard InChI is InChI=1S/C10H14N2SSi/c1-13-10(12-11)14(2,3)9-7-5-4-6-8-9/h4-8H,1-3H3. The third-order valence-electron chi connectivity index (χ3n) is 2.31. The van der Waals surface area contributed by atoms with Crippen LogP contribution in [0.2, 0.25) is 13.1 Å². The molecule has 0 amide bonds. The van der Waals surface area contributed by atoms with Crippen LogP contribution in [0.15, 0.2) is 30.3 Å². The molecule has 0 spiro atoms. The zero-order valence-corrected chi connectivity index (χ0v) is 10.5. The van der Waals surface area contributed by atoms with Gasteiger partial charge in [-0.05, 0) is 11.4 Å². The average Bonchev–Trinajstić information content (AvgIpc) is 2.20. The predicted molar refractivity (Wildman–Crippen MR) is 65.7 cm³/mol. The van der Waals surface area contributed by atoms with E-state index >= 15 is 0 Å². The normalized spacial score (nSPS) is 10.8. The van der Waals surface area contributed by atoms with Crippen molar-refractivity contribution in [3.63, 3.8) is 0 Å². The van der Waals surface area contributed by atoms with Gasteiger partial charge in [-0.15, -0.1) is 0 Å². The van der Waals surface area contributed by atoms with Crippen LogP contribution in [-0.4, -0.2) is 23.8 Å². The Kier molecular flexibility index (Phi) is 3.69. The molecule has 0 atom stereocenters. The van der Waals surface area contributed by atoms with Crippen LogP contribution in [-0.2, 0) is 0 Å². The van der Waals surface area contributed by atoms with E-state index in [1.807, 2.05) is 24.5 Å². The van der Waals surface area contributed by atoms with Crippen molar-refractivity contribution in [3.8, 4) is 0 Å². The summed E-state index contributed by atoms with van der Waals surface area (Å²) >= 11 is 1.53. The molecule has 0 fully saturated rings. The van der Waals surface area contributed by atoms with Crippen molar-refractivity contribution in [1.29, 1.82) is 0 Å². The van der Waals surface area contributed by atoms with Gasteiger partial charge in [0.25, 0.3) is 4.67 Å². The number of hydrogen-bond acceptors (Lipinski definition) is 1. The van der Waals surface area contributed by atoms with Crippen LogP contribution in [0.1, 0.15) is 0 Å². The summed E-state index contributed by atoms with van der Waals surface area (Å²) < 4.78 is 0.865. The number of hydrogen-bond donors (Lipinski definition) is 0. The first-order valence-electron chi connectivity index (χ1n) is 4.45. The van der Waals surface area contributed by atoms with Crippen molar-refractivity contribution in [2.45, 2.75) is 13.1 Å². The quantitative estimate of drug-likeness (QED) is 0.248. The van der Waals surface area contributed by atoms with Crippen molar-refractivity contribution in [1.82, 2.24) is 0 Å². The smallest absolute Gasteiger partial charge is 0.295 e. The zero-order valence-electron chi connectivity index (χ0n) is 8.69. The molecule has 0 aliphatic rings. The summed E-state index contributed by atoms with van der Waals surface area (Å²) in [6.45, 7) is 4.38. The Labute approximate surface area is 90.0 Å². The first kappa shape index (κ1) is 11.2. The van der Waals surface area contributed by atoms with Crippen LogP contribution in [0.25, 0.3) is 5.53 Å². The van der Waals surface area contributed by atoms with E-state index in [-0.39, 0.29) is 0 Å². The van der Waals surface area contributed by atoms with E-state index in [2.05, 4.69) is 30.0 Å². The maximum atomic E-state index is 8.92. The van der Waals surface area contributed by atoms with Crippen LogP contribution < -0.4 is 5.19 Å². The summed E-state index contributed by atoms with van der Waals surface area (Å²) in [5.74, 6) is 0. The van der Waals surface area contributed by atoms with Gasteiger partial charge in [0.05, 0.1) is 0 Å². The second kappa shape index (κ2) is 4.60. The molecule has 0 saturated carbocycles. The molecule has 14 heavy (non-hydrogen) atoms. The fraction of sp³-hybridized carbons (Fsp3) is 0.300. The van der Waals surface area contributed by atoms with Gasteiger partial charge in [0.2, 0.25) is 8.07 Å². The number of nitrogens with zero attached hydrogens (tertiary/aromatic N) is 2. The SMILES string of the molecule is CSC(=[N+]=[N-])[Si](C)(C)c1ccccc1. The lowest BCUT2D eigenvalue weighted by Gasteiger charge is -2.15. The average molecular weight is 222 g/mol. The second-order valence-corrected chi connectivity index (χ2v) is 9.06. The van der Waals surface area contributed by atoms with Gasteiger partial charge in [-0.3, -0.25) is 0 Å². The first-order chi connectivity index (χ1) is 6.62. The maximum absolute atomic E-state index is 8.92. The van der Waals surface area contributed by atoms with E-state index in [1.165, 1.54) is 16.9 Å². The fourth-order valence-corrected chi connectivity index (χ4v) is 5.40. The Morgan fingerprint density at radius 3 is 2.29 bits per heavy atom. The summed E-state index contributed by atoms with van der Waals surface area (Å²) in [4.78, 5) is 3.40. The Hall–Kier alpha value is -0.833. The molecular formula is C10H14N2SSi. The lowest BCUT2D eigenvalue weighted by atomic mass is 10.4. The number of thioether (sulfide) groups is 1. The molecule has 0 unspecified atom stereocenters. The van der Waals surface area contributed by atoms with Crippen LogP contribution in [0.4, 0.5) is 0 Å². The van der Waals surface area contributed by atoms with Gasteiger partial charge < -0.3 is 5.53 Å². The zero-order chi connectivity index (χ0) is 10.6. The van der Waals surface area contributed by atoms with E-state index in [0.29, 0.717) is 0 Å². The molecule has 0 aliphatic heterocycles. The minimum Gasteiger partial charge on any atom is -0.361 e. The topological polar surface area (TPSA) is 36.4 Å². The molecule has 1 rings (SSSR count). The van der Waals surface area contributed by atoms with Gasteiger partial charge in [0, 0.05) is 0 Å². The minimum atomic E-state index is -1.75. The molecule has 0 aliphatic carbocycles. The Bertz CT molecular complexity index is 356. The van der Waals surface area contributed by atoms with E-state index < -0.39 is 8.07 Å². The van der Waals surface area contributed by atoms with Crippen molar-refractivity contribution in [2.24, 2.45) is 0 Å². The highest BCUT2D eigenvalue weighted by atomic mass is 32.2. The molecule has 2 nitrogen and oxygen atoms in total. The van der Waals surface area contributed by atoms with Crippen LogP contribution in [0.5, 0.6) is 0 Å². The third-order valence-corrected chi connectivity index (χ3v) is 7.87. The van der Waals surface area contributed by atoms with Crippen LogP contribution >= 0.6 is 11.8 Å². The molecule has 0 aromatic heterocycles. The van der Waals surface area contributed by atoms with Crippen molar-refractivity contribution >= 4 is 29.7 Å². The van der Waals surface area contributed by atoms with Crippen molar-refractivity contribution in [3.05, 3.63) is 35.9 Å². The molecule has 0 N–H and O–H groups in total. The lowest BCUT2D eigenvalue weighted by molar-refractivity contribution is 0.00401. The van der Waals surface area contributed by atoms with E-state index in [9.17, 15) is 0 Å². The first-order valence-corrected chi connectivity index (χ1v) is 8.67. The van der Waals surface area contributed by atoms with Gasteiger partial charge in [-0.25, -0.2) is 0 Å². The number of benzene rings is 1. The van der Waals surface area contributed by atoms with Crippen LogP contribution in [0, 0.1) is 0 Å². The highest BCUT2D eigenvalue weighted by Gasteiger charge is 2.37. The highest BCUT2D eigenvalue weighted by Crippen LogP contribution is 2.11. The Morgan fingerprint density at radius 2 is 1.86 bits per heavy atom. The molecule has 1 aromatic carbocycles. The van der Waals surface area contributed by atoms with Crippen molar-refractivity contribution < 1.29 is 4.79 Å². The second-order valence-electron chi connectivity index (χ2n) is 3.60. The summed E-state index contributed by atoms with van der Waals surface area (Å²) in [5, 5.41) is 1.29. The van der Waals surface area contributed by atoms with E-state index in [4.69, 9.17) is 5.53 Å². The largest absolute Gasteiger partial charge is 0.361 e. The van der Waals surface area contributed by atoms with Gasteiger partial charge >= 0.3 is 0 Å². The van der Waals surface area contributed by atoms with Crippen LogP contribution in [0.3, 0.4) is 0 Å². The molecular weight excluding hydrogens is 208 g/mol. The monoisotopic (exact) mass is 222 g/mol. The van der Waals surface area contributed by atoms with Gasteiger partial charge in [0.1, 0.15) is 0 Å². The Morgan fingerprint density at radius 1 is 1.29 bits per heavy atom. The summed E-state index contributed by atoms with van der Waals surface area (Å²) in [6, 6.07) is 10.3. The lowest BCUT2D eigenvalue weighted by Crippen LogP contribution is -2.48. The van der Waals surface area contributed by atoms with Gasteiger partial charge in [-0.2, -0.15) is 4.79 Å². The minimum absolute atomic E-state index is 0.865. The third kappa shape index (κ3) is 2.15. The molecule has 0 heterocycles. The van der Waals surface area contributed by atoms with Gasteiger partial charge in [0.15, 0.2) is 0 Å². The van der Waals surface area contributed by atoms with Crippen molar-refractivity contribution in [2.75, 3.05) is 6.26 Å². The molecule has 0 radical (unpaired) electrons. The van der Waals surface area contributed by atoms with E-state index in [0.717, 1.165) is 4.67 Å². The summed E-state index contributed by atoms with van der Waals surface area (Å²) in [6.07, 6.45) is 1.95. The molecule has 0 bridgehead atoms. The number of rotatable bonds is 2. The van der Waals surface area contributed by atoms with E-state index in [1.54, 1.807) is 0 Å². The Balaban J connectivity index is 3.14. The summed E-state index contributed by atoms with van der Waals surface area (Å²) in [7, 11) is -1.75. The summed E-state index contributed by atoms with van der Waals surface area (Å²) in [5.41, 5.74) is 8.92. The molecule has 1 aromatic rings. The molecule has 74 valence electrons. The predicted octanol–water partition coefficient (Wildman–Crippen LogP) is 2.13. The maximum Gasteiger partial charge on any atom is 0.295 e. The highest BCUT2D eigenvalue weighted by molar-refractivity contribution is 8.17. The molecule has 4 heteroatoms.